The fourth-order valence-corrected chi connectivity index (χ4v) is 5.69. The van der Waals surface area contributed by atoms with E-state index in [2.05, 4.69) is 22.9 Å². The van der Waals surface area contributed by atoms with Gasteiger partial charge in [-0.2, -0.15) is 0 Å². The Morgan fingerprint density at radius 1 is 1.32 bits per heavy atom. The molecule has 1 aromatic carbocycles. The van der Waals surface area contributed by atoms with Crippen LogP contribution in [0, 0.1) is 11.8 Å². The molecule has 3 fully saturated rings. The molecule has 0 radical (unpaired) electrons. The van der Waals surface area contributed by atoms with Crippen molar-refractivity contribution in [3.05, 3.63) is 29.5 Å². The van der Waals surface area contributed by atoms with Crippen LogP contribution in [0.25, 0.3) is 10.9 Å². The molecule has 22 heavy (non-hydrogen) atoms. The van der Waals surface area contributed by atoms with Crippen LogP contribution in [0.1, 0.15) is 43.4 Å². The van der Waals surface area contributed by atoms with Gasteiger partial charge in [0.1, 0.15) is 5.75 Å². The molecule has 1 aromatic heterocycles. The number of fused-ring (bicyclic) bond motifs is 4. The second-order valence-electron chi connectivity index (χ2n) is 7.59. The van der Waals surface area contributed by atoms with Crippen LogP contribution in [0.3, 0.4) is 0 Å². The number of phenolic OH excluding ortho intramolecular Hbond substituents is 1. The summed E-state index contributed by atoms with van der Waals surface area (Å²) in [6.07, 6.45) is 5.24. The van der Waals surface area contributed by atoms with Gasteiger partial charge in [-0.05, 0) is 48.8 Å². The Hall–Kier alpha value is -1.48. The Labute approximate surface area is 131 Å². The Morgan fingerprint density at radius 3 is 3.09 bits per heavy atom. The topological polar surface area (TPSA) is 39.3 Å². The number of phenols is 1. The SMILES string of the molecule is CCC1CC2CC3c4[nH]c5cc(O)ccc5c4CCN(C2)C13. The van der Waals surface area contributed by atoms with Crippen molar-refractivity contribution in [3.63, 3.8) is 0 Å². The number of aromatic amines is 1. The van der Waals surface area contributed by atoms with Crippen LogP contribution in [-0.2, 0) is 6.42 Å². The second-order valence-corrected chi connectivity index (χ2v) is 7.59. The van der Waals surface area contributed by atoms with Gasteiger partial charge >= 0.3 is 0 Å². The van der Waals surface area contributed by atoms with Crippen molar-refractivity contribution in [2.45, 2.75) is 44.6 Å². The number of piperidine rings is 2. The Bertz CT molecular complexity index is 734. The largest absolute Gasteiger partial charge is 0.508 e. The maximum Gasteiger partial charge on any atom is 0.117 e. The maximum absolute atomic E-state index is 9.78. The smallest absolute Gasteiger partial charge is 0.117 e. The van der Waals surface area contributed by atoms with Gasteiger partial charge in [0.2, 0.25) is 0 Å². The summed E-state index contributed by atoms with van der Waals surface area (Å²) in [5.74, 6) is 2.78. The van der Waals surface area contributed by atoms with Crippen molar-refractivity contribution in [2.24, 2.45) is 11.8 Å². The van der Waals surface area contributed by atoms with Crippen molar-refractivity contribution in [2.75, 3.05) is 13.1 Å². The van der Waals surface area contributed by atoms with Crippen LogP contribution in [0.5, 0.6) is 5.75 Å². The lowest BCUT2D eigenvalue weighted by molar-refractivity contribution is -0.0134. The highest BCUT2D eigenvalue weighted by Crippen LogP contribution is 2.51. The van der Waals surface area contributed by atoms with Crippen LogP contribution in [0.4, 0.5) is 0 Å². The highest BCUT2D eigenvalue weighted by Gasteiger charge is 2.48. The van der Waals surface area contributed by atoms with E-state index in [1.54, 1.807) is 0 Å². The average molecular weight is 296 g/mol. The summed E-state index contributed by atoms with van der Waals surface area (Å²) in [5.41, 5.74) is 4.12. The molecule has 2 aromatic rings. The molecule has 0 spiro atoms. The summed E-state index contributed by atoms with van der Waals surface area (Å²) >= 11 is 0. The number of benzene rings is 1. The number of rotatable bonds is 1. The summed E-state index contributed by atoms with van der Waals surface area (Å²) in [4.78, 5) is 6.48. The van der Waals surface area contributed by atoms with E-state index in [-0.39, 0.29) is 0 Å². The minimum absolute atomic E-state index is 0.363. The Kier molecular flexibility index (Phi) is 2.67. The molecule has 2 N–H and O–H groups in total. The lowest BCUT2D eigenvalue weighted by Crippen LogP contribution is -2.56. The van der Waals surface area contributed by atoms with E-state index in [1.807, 2.05) is 12.1 Å². The highest BCUT2D eigenvalue weighted by molar-refractivity contribution is 5.86. The third-order valence-electron chi connectivity index (χ3n) is 6.50. The molecule has 5 atom stereocenters. The molecule has 1 saturated carbocycles. The van der Waals surface area contributed by atoms with E-state index < -0.39 is 0 Å². The van der Waals surface area contributed by atoms with Gasteiger partial charge in [0.05, 0.1) is 0 Å². The number of H-pyrrole nitrogens is 1. The van der Waals surface area contributed by atoms with Crippen molar-refractivity contribution in [1.29, 1.82) is 0 Å². The van der Waals surface area contributed by atoms with Crippen LogP contribution < -0.4 is 0 Å². The molecule has 3 aliphatic heterocycles. The first kappa shape index (κ1) is 13.0. The maximum atomic E-state index is 9.78. The van der Waals surface area contributed by atoms with Crippen LogP contribution >= 0.6 is 0 Å². The molecule has 4 aliphatic rings. The highest BCUT2D eigenvalue weighted by atomic mass is 16.3. The molecular formula is C19H24N2O. The number of aromatic hydroxyl groups is 1. The summed E-state index contributed by atoms with van der Waals surface area (Å²) < 4.78 is 0. The first-order valence-corrected chi connectivity index (χ1v) is 8.82. The minimum atomic E-state index is 0.363. The summed E-state index contributed by atoms with van der Waals surface area (Å²) in [6.45, 7) is 4.89. The zero-order chi connectivity index (χ0) is 14.8. The van der Waals surface area contributed by atoms with Gasteiger partial charge in [0, 0.05) is 47.7 Å². The molecule has 4 heterocycles. The van der Waals surface area contributed by atoms with Crippen LogP contribution in [0.15, 0.2) is 18.2 Å². The minimum Gasteiger partial charge on any atom is -0.508 e. The number of nitrogens with one attached hydrogen (secondary N) is 1. The number of nitrogens with zero attached hydrogens (tertiary/aromatic N) is 1. The van der Waals surface area contributed by atoms with E-state index in [1.165, 1.54) is 49.0 Å². The first-order chi connectivity index (χ1) is 10.7. The number of hydrogen-bond donors (Lipinski definition) is 2. The van der Waals surface area contributed by atoms with E-state index in [9.17, 15) is 5.11 Å². The van der Waals surface area contributed by atoms with Crippen molar-refractivity contribution >= 4 is 10.9 Å². The molecule has 6 rings (SSSR count). The quantitative estimate of drug-likeness (QED) is 0.843. The average Bonchev–Trinajstić information content (AvgIpc) is 2.85. The summed E-state index contributed by atoms with van der Waals surface area (Å²) in [5, 5.41) is 11.1. The second kappa shape index (κ2) is 4.51. The third-order valence-corrected chi connectivity index (χ3v) is 6.50. The fourth-order valence-electron chi connectivity index (χ4n) is 5.69. The Balaban J connectivity index is 1.68. The van der Waals surface area contributed by atoms with Crippen LogP contribution in [-0.4, -0.2) is 34.1 Å². The van der Waals surface area contributed by atoms with E-state index in [0.717, 1.165) is 29.8 Å². The molecule has 3 nitrogen and oxygen atoms in total. The normalized spacial score (nSPS) is 36.3. The number of hydrogen-bond acceptors (Lipinski definition) is 2. The molecular weight excluding hydrogens is 272 g/mol. The van der Waals surface area contributed by atoms with Gasteiger partial charge in [-0.15, -0.1) is 0 Å². The predicted octanol–water partition coefficient (Wildman–Crippen LogP) is 3.63. The van der Waals surface area contributed by atoms with Gasteiger partial charge in [0.25, 0.3) is 0 Å². The molecule has 4 bridgehead atoms. The Morgan fingerprint density at radius 2 is 2.23 bits per heavy atom. The molecule has 2 saturated heterocycles. The van der Waals surface area contributed by atoms with E-state index in [4.69, 9.17) is 0 Å². The fraction of sp³-hybridized carbons (Fsp3) is 0.579. The molecule has 5 unspecified atom stereocenters. The van der Waals surface area contributed by atoms with Gasteiger partial charge in [-0.25, -0.2) is 0 Å². The van der Waals surface area contributed by atoms with Gasteiger partial charge < -0.3 is 10.1 Å². The molecule has 3 heteroatoms. The molecule has 1 aliphatic carbocycles. The zero-order valence-corrected chi connectivity index (χ0v) is 13.2. The van der Waals surface area contributed by atoms with Crippen molar-refractivity contribution in [3.8, 4) is 5.75 Å². The summed E-state index contributed by atoms with van der Waals surface area (Å²) in [6, 6.07) is 6.55. The van der Waals surface area contributed by atoms with Gasteiger partial charge in [-0.1, -0.05) is 13.3 Å². The monoisotopic (exact) mass is 296 g/mol. The molecule has 0 amide bonds. The molecule has 116 valence electrons. The first-order valence-electron chi connectivity index (χ1n) is 8.82. The van der Waals surface area contributed by atoms with Crippen molar-refractivity contribution in [1.82, 2.24) is 9.88 Å². The van der Waals surface area contributed by atoms with E-state index >= 15 is 0 Å². The third kappa shape index (κ3) is 1.66. The van der Waals surface area contributed by atoms with E-state index in [0.29, 0.717) is 11.7 Å². The van der Waals surface area contributed by atoms with Crippen molar-refractivity contribution < 1.29 is 5.11 Å². The van der Waals surface area contributed by atoms with Crippen LogP contribution in [0.2, 0.25) is 0 Å². The van der Waals surface area contributed by atoms with Gasteiger partial charge in [-0.3, -0.25) is 4.90 Å². The standard InChI is InChI=1S/C19H24N2O/c1-2-12-7-11-8-16-18-15(5-6-21(10-11)19(12)16)14-4-3-13(22)9-17(14)20-18/h3-4,9,11-12,16,19-20,22H,2,5-8,10H2,1H3. The lowest BCUT2D eigenvalue weighted by atomic mass is 9.65. The number of aromatic nitrogens is 1. The lowest BCUT2D eigenvalue weighted by Gasteiger charge is -2.53. The van der Waals surface area contributed by atoms with Gasteiger partial charge in [0.15, 0.2) is 0 Å². The summed E-state index contributed by atoms with van der Waals surface area (Å²) in [7, 11) is 0. The predicted molar refractivity (Wildman–Crippen MR) is 88.3 cm³/mol. The zero-order valence-electron chi connectivity index (χ0n) is 13.2.